The third kappa shape index (κ3) is 3.49. The highest BCUT2D eigenvalue weighted by molar-refractivity contribution is 7.12. The molecule has 94 valence electrons. The van der Waals surface area contributed by atoms with Crippen LogP contribution in [0.25, 0.3) is 0 Å². The van der Waals surface area contributed by atoms with Gasteiger partial charge in [-0.1, -0.05) is 0 Å². The van der Waals surface area contributed by atoms with Crippen LogP contribution in [0.5, 0.6) is 0 Å². The van der Waals surface area contributed by atoms with Crippen molar-refractivity contribution in [2.45, 2.75) is 13.5 Å². The standard InChI is InChI=1S/C11H11FN4OS/c1-8-4-14-16(6-8)7-11(17)15-13-5-9-2-3-10(12)18-9/h2-6H,7H2,1H3,(H,15,17). The first kappa shape index (κ1) is 12.4. The number of thiophene rings is 1. The summed E-state index contributed by atoms with van der Waals surface area (Å²) in [4.78, 5) is 12.1. The monoisotopic (exact) mass is 266 g/mol. The molecule has 0 aromatic carbocycles. The minimum absolute atomic E-state index is 0.101. The van der Waals surface area contributed by atoms with Crippen molar-refractivity contribution in [1.82, 2.24) is 15.2 Å². The predicted octanol–water partition coefficient (Wildman–Crippen LogP) is 1.54. The van der Waals surface area contributed by atoms with Crippen molar-refractivity contribution in [1.29, 1.82) is 0 Å². The number of rotatable bonds is 4. The van der Waals surface area contributed by atoms with Crippen LogP contribution in [0.15, 0.2) is 29.6 Å². The van der Waals surface area contributed by atoms with E-state index < -0.39 is 0 Å². The van der Waals surface area contributed by atoms with E-state index in [4.69, 9.17) is 0 Å². The third-order valence-corrected chi connectivity index (χ3v) is 2.85. The number of hydrogen-bond donors (Lipinski definition) is 1. The van der Waals surface area contributed by atoms with E-state index in [1.54, 1.807) is 18.5 Å². The molecule has 2 rings (SSSR count). The van der Waals surface area contributed by atoms with Gasteiger partial charge in [-0.05, 0) is 24.6 Å². The fourth-order valence-electron chi connectivity index (χ4n) is 1.30. The zero-order valence-corrected chi connectivity index (χ0v) is 10.4. The van der Waals surface area contributed by atoms with E-state index in [0.717, 1.165) is 16.9 Å². The lowest BCUT2D eigenvalue weighted by molar-refractivity contribution is -0.121. The molecule has 5 nitrogen and oxygen atoms in total. The highest BCUT2D eigenvalue weighted by Gasteiger charge is 2.02. The Kier molecular flexibility index (Phi) is 3.83. The van der Waals surface area contributed by atoms with E-state index in [1.165, 1.54) is 17.0 Å². The van der Waals surface area contributed by atoms with Crippen LogP contribution in [0.3, 0.4) is 0 Å². The summed E-state index contributed by atoms with van der Waals surface area (Å²) in [5, 5.41) is 7.44. The van der Waals surface area contributed by atoms with E-state index in [0.29, 0.717) is 4.88 Å². The van der Waals surface area contributed by atoms with Gasteiger partial charge in [0.2, 0.25) is 0 Å². The van der Waals surface area contributed by atoms with Gasteiger partial charge in [-0.25, -0.2) is 5.43 Å². The van der Waals surface area contributed by atoms with Crippen molar-refractivity contribution in [2.24, 2.45) is 5.10 Å². The largest absolute Gasteiger partial charge is 0.271 e. The van der Waals surface area contributed by atoms with E-state index in [1.807, 2.05) is 6.92 Å². The summed E-state index contributed by atoms with van der Waals surface area (Å²) in [6.45, 7) is 1.99. The molecular weight excluding hydrogens is 255 g/mol. The van der Waals surface area contributed by atoms with Gasteiger partial charge < -0.3 is 0 Å². The molecular formula is C11H11FN4OS. The molecule has 1 N–H and O–H groups in total. The minimum atomic E-state index is -0.286. The van der Waals surface area contributed by atoms with Crippen LogP contribution in [0.2, 0.25) is 0 Å². The zero-order valence-electron chi connectivity index (χ0n) is 9.63. The van der Waals surface area contributed by atoms with Crippen molar-refractivity contribution in [2.75, 3.05) is 0 Å². The van der Waals surface area contributed by atoms with Crippen LogP contribution in [0, 0.1) is 12.1 Å². The average Bonchev–Trinajstić information content (AvgIpc) is 2.88. The maximum absolute atomic E-state index is 12.7. The average molecular weight is 266 g/mol. The molecule has 2 aromatic rings. The molecule has 7 heteroatoms. The molecule has 0 saturated heterocycles. The molecule has 0 saturated carbocycles. The van der Waals surface area contributed by atoms with Crippen LogP contribution in [0.1, 0.15) is 10.4 Å². The smallest absolute Gasteiger partial charge is 0.261 e. The molecule has 18 heavy (non-hydrogen) atoms. The number of aromatic nitrogens is 2. The van der Waals surface area contributed by atoms with Crippen molar-refractivity contribution >= 4 is 23.5 Å². The fraction of sp³-hybridized carbons (Fsp3) is 0.182. The number of hydrazone groups is 1. The third-order valence-electron chi connectivity index (χ3n) is 2.04. The summed E-state index contributed by atoms with van der Waals surface area (Å²) in [5.41, 5.74) is 3.34. The van der Waals surface area contributed by atoms with Crippen LogP contribution in [0.4, 0.5) is 4.39 Å². The lowest BCUT2D eigenvalue weighted by atomic mass is 10.4. The van der Waals surface area contributed by atoms with Gasteiger partial charge in [0.15, 0.2) is 5.13 Å². The summed E-state index contributed by atoms with van der Waals surface area (Å²) in [6, 6.07) is 2.94. The molecule has 0 atom stereocenters. The van der Waals surface area contributed by atoms with Gasteiger partial charge in [-0.3, -0.25) is 9.48 Å². The van der Waals surface area contributed by atoms with Gasteiger partial charge in [-0.2, -0.15) is 14.6 Å². The number of carbonyl (C=O) groups excluding carboxylic acids is 1. The van der Waals surface area contributed by atoms with Crippen LogP contribution in [-0.2, 0) is 11.3 Å². The SMILES string of the molecule is Cc1cnn(CC(=O)NN=Cc2ccc(F)s2)c1. The number of hydrogen-bond acceptors (Lipinski definition) is 4. The number of amides is 1. The summed E-state index contributed by atoms with van der Waals surface area (Å²) < 4.78 is 14.2. The highest BCUT2D eigenvalue weighted by Crippen LogP contribution is 2.11. The molecule has 2 heterocycles. The topological polar surface area (TPSA) is 59.3 Å². The van der Waals surface area contributed by atoms with Crippen molar-refractivity contribution in [3.8, 4) is 0 Å². The molecule has 0 unspecified atom stereocenters. The Bertz CT molecular complexity index is 575. The number of aryl methyl sites for hydroxylation is 1. The maximum Gasteiger partial charge on any atom is 0.261 e. The molecule has 0 aliphatic heterocycles. The Morgan fingerprint density at radius 1 is 1.67 bits per heavy atom. The number of halogens is 1. The van der Waals surface area contributed by atoms with Gasteiger partial charge in [0, 0.05) is 6.20 Å². The van der Waals surface area contributed by atoms with Gasteiger partial charge in [0.05, 0.1) is 17.3 Å². The molecule has 0 spiro atoms. The van der Waals surface area contributed by atoms with Gasteiger partial charge >= 0.3 is 0 Å². The second kappa shape index (κ2) is 5.54. The molecule has 0 aliphatic rings. The summed E-state index contributed by atoms with van der Waals surface area (Å²) in [6.07, 6.45) is 4.84. The number of nitrogens with zero attached hydrogens (tertiary/aromatic N) is 3. The van der Waals surface area contributed by atoms with Crippen molar-refractivity contribution in [3.63, 3.8) is 0 Å². The molecule has 2 aromatic heterocycles. The molecule has 0 radical (unpaired) electrons. The first-order chi connectivity index (χ1) is 8.63. The lowest BCUT2D eigenvalue weighted by Gasteiger charge is -1.99. The summed E-state index contributed by atoms with van der Waals surface area (Å²) >= 11 is 0.962. The zero-order chi connectivity index (χ0) is 13.0. The van der Waals surface area contributed by atoms with E-state index >= 15 is 0 Å². The predicted molar refractivity (Wildman–Crippen MR) is 67.0 cm³/mol. The molecule has 0 aliphatic carbocycles. The molecule has 0 fully saturated rings. The van der Waals surface area contributed by atoms with Crippen molar-refractivity contribution in [3.05, 3.63) is 40.1 Å². The Morgan fingerprint density at radius 2 is 2.50 bits per heavy atom. The van der Waals surface area contributed by atoms with Gasteiger partial charge in [0.1, 0.15) is 6.54 Å². The maximum atomic E-state index is 12.7. The Balaban J connectivity index is 1.83. The quantitative estimate of drug-likeness (QED) is 0.674. The normalized spacial score (nSPS) is 11.0. The number of nitrogens with one attached hydrogen (secondary N) is 1. The van der Waals surface area contributed by atoms with Gasteiger partial charge in [-0.15, -0.1) is 11.3 Å². The van der Waals surface area contributed by atoms with Crippen LogP contribution in [-0.4, -0.2) is 21.9 Å². The fourth-order valence-corrected chi connectivity index (χ4v) is 1.90. The highest BCUT2D eigenvalue weighted by atomic mass is 32.1. The molecule has 1 amide bonds. The van der Waals surface area contributed by atoms with Crippen molar-refractivity contribution < 1.29 is 9.18 Å². The van der Waals surface area contributed by atoms with Crippen LogP contribution >= 0.6 is 11.3 Å². The summed E-state index contributed by atoms with van der Waals surface area (Å²) in [7, 11) is 0. The molecule has 0 bridgehead atoms. The van der Waals surface area contributed by atoms with E-state index in [-0.39, 0.29) is 17.6 Å². The second-order valence-corrected chi connectivity index (χ2v) is 4.72. The Labute approximate surface area is 107 Å². The first-order valence-corrected chi connectivity index (χ1v) is 6.01. The number of carbonyl (C=O) groups is 1. The Morgan fingerprint density at radius 3 is 3.11 bits per heavy atom. The Hall–Kier alpha value is -2.02. The minimum Gasteiger partial charge on any atom is -0.271 e. The second-order valence-electron chi connectivity index (χ2n) is 3.65. The van der Waals surface area contributed by atoms with Crippen LogP contribution < -0.4 is 5.43 Å². The first-order valence-electron chi connectivity index (χ1n) is 5.20. The summed E-state index contributed by atoms with van der Waals surface area (Å²) in [5.74, 6) is -0.286. The lowest BCUT2D eigenvalue weighted by Crippen LogP contribution is -2.23. The van der Waals surface area contributed by atoms with Gasteiger partial charge in [0.25, 0.3) is 5.91 Å². The van der Waals surface area contributed by atoms with E-state index in [9.17, 15) is 9.18 Å². The van der Waals surface area contributed by atoms with E-state index in [2.05, 4.69) is 15.6 Å².